The van der Waals surface area contributed by atoms with E-state index in [-0.39, 0.29) is 17.7 Å². The molecule has 0 bridgehead atoms. The lowest BCUT2D eigenvalue weighted by molar-refractivity contribution is -0.0947. The Bertz CT molecular complexity index is 2250. The van der Waals surface area contributed by atoms with Crippen molar-refractivity contribution in [1.29, 1.82) is 0 Å². The second-order valence-corrected chi connectivity index (χ2v) is 16.2. The summed E-state index contributed by atoms with van der Waals surface area (Å²) in [6.07, 6.45) is 4.71. The summed E-state index contributed by atoms with van der Waals surface area (Å²) in [4.78, 5) is 25.7. The smallest absolute Gasteiger partial charge is 0.255 e. The quantitative estimate of drug-likeness (QED) is 0.165. The number of benzene rings is 3. The highest BCUT2D eigenvalue weighted by Gasteiger charge is 2.35. The number of aromatic nitrogens is 5. The summed E-state index contributed by atoms with van der Waals surface area (Å²) in [5.74, 6) is 1.19. The van der Waals surface area contributed by atoms with Crippen molar-refractivity contribution in [2.75, 3.05) is 25.0 Å². The molecule has 51 heavy (non-hydrogen) atoms. The van der Waals surface area contributed by atoms with Crippen molar-refractivity contribution < 1.29 is 18.7 Å². The Balaban J connectivity index is 0.955. The molecule has 6 aromatic rings. The van der Waals surface area contributed by atoms with E-state index in [1.54, 1.807) is 18.3 Å². The molecule has 3 aromatic carbocycles. The van der Waals surface area contributed by atoms with Gasteiger partial charge in [-0.25, -0.2) is 14.4 Å². The normalized spacial score (nSPS) is 18.3. The lowest BCUT2D eigenvalue weighted by Crippen LogP contribution is -2.48. The molecule has 0 spiro atoms. The van der Waals surface area contributed by atoms with Crippen LogP contribution in [0.4, 0.5) is 10.1 Å². The van der Waals surface area contributed by atoms with Crippen LogP contribution in [0, 0.1) is 12.7 Å². The molecule has 2 fully saturated rings. The molecule has 3 aromatic heterocycles. The number of imidazole rings is 1. The number of pyridine rings is 1. The summed E-state index contributed by atoms with van der Waals surface area (Å²) >= 11 is 5.89. The number of likely N-dealkylation sites (tertiary alicyclic amines) is 1. The first-order valence-electron chi connectivity index (χ1n) is 17.3. The minimum atomic E-state index is -0.392. The van der Waals surface area contributed by atoms with Crippen molar-refractivity contribution in [3.05, 3.63) is 112 Å². The van der Waals surface area contributed by atoms with E-state index in [1.165, 1.54) is 6.07 Å². The summed E-state index contributed by atoms with van der Waals surface area (Å²) in [7, 11) is 0.922. The van der Waals surface area contributed by atoms with Crippen LogP contribution < -0.4 is 10.1 Å². The van der Waals surface area contributed by atoms with Crippen molar-refractivity contribution in [3.63, 3.8) is 0 Å². The van der Waals surface area contributed by atoms with E-state index in [4.69, 9.17) is 31.0 Å². The Hall–Kier alpha value is -4.62. The fourth-order valence-electron chi connectivity index (χ4n) is 7.15. The number of piperidine rings is 1. The fraction of sp³-hybridized carbons (Fsp3) is 0.316. The Kier molecular flexibility index (Phi) is 9.09. The van der Waals surface area contributed by atoms with Crippen molar-refractivity contribution in [2.45, 2.75) is 57.0 Å². The number of ether oxygens (including phenoxy) is 2. The van der Waals surface area contributed by atoms with Crippen molar-refractivity contribution in [3.8, 4) is 5.88 Å². The average Bonchev–Trinajstić information content (AvgIpc) is 3.72. The molecule has 5 heterocycles. The lowest BCUT2D eigenvalue weighted by Gasteiger charge is -2.40. The van der Waals surface area contributed by atoms with Gasteiger partial charge in [-0.2, -0.15) is 5.10 Å². The largest absolute Gasteiger partial charge is 0.473 e. The number of nitrogens with one attached hydrogen (secondary N) is 2. The molecule has 2 saturated heterocycles. The maximum atomic E-state index is 14.3. The molecule has 0 radical (unpaired) electrons. The Morgan fingerprint density at radius 1 is 1.14 bits per heavy atom. The predicted molar refractivity (Wildman–Crippen MR) is 199 cm³/mol. The van der Waals surface area contributed by atoms with Gasteiger partial charge in [-0.1, -0.05) is 23.7 Å². The molecule has 0 aliphatic carbocycles. The molecule has 8 rings (SSSR count). The molecule has 2 aliphatic rings. The number of anilines is 1. The van der Waals surface area contributed by atoms with Crippen molar-refractivity contribution in [1.82, 2.24) is 29.6 Å². The van der Waals surface area contributed by atoms with Gasteiger partial charge in [0.15, 0.2) is 0 Å². The number of carbonyl (C=O) groups excluding carboxylic acids is 1. The third-order valence-corrected chi connectivity index (χ3v) is 11.5. The first-order chi connectivity index (χ1) is 24.7. The van der Waals surface area contributed by atoms with Crippen LogP contribution >= 0.6 is 11.6 Å². The van der Waals surface area contributed by atoms with Gasteiger partial charge in [-0.3, -0.25) is 14.8 Å². The number of nitrogens with zero attached hydrogens (tertiary/aromatic N) is 5. The fourth-order valence-corrected chi connectivity index (χ4v) is 8.04. The number of hydrogen-bond donors (Lipinski definition) is 2. The zero-order valence-corrected chi connectivity index (χ0v) is 31.3. The van der Waals surface area contributed by atoms with Gasteiger partial charge >= 0.3 is 0 Å². The first-order valence-corrected chi connectivity index (χ1v) is 18.7. The molecular formula is C38H39ClFN7O3Si. The van der Waals surface area contributed by atoms with E-state index < -0.39 is 5.82 Å². The molecule has 0 unspecified atom stereocenters. The highest BCUT2D eigenvalue weighted by atomic mass is 35.5. The standard InChI is InChI=1S/C38H39ClFN7O3Si/c1-23-15-29(16-27-19-41-45-36(23)27)42-37(48)25-6-8-33-32(17-25)43-34(47(33)22-38(51)11-14-50-38)20-46-12-9-24(10-13-46)31-3-2-4-35(44-31)49-21-26-5-7-28(39)18-30(26)40/h2-8,15-19,24H,9-14,20-22H2,1,51H3,(H,41,45)(H,42,48)/t38-/m1/s1. The number of amides is 1. The monoisotopic (exact) mass is 723 g/mol. The number of fused-ring (bicyclic) bond motifs is 2. The van der Waals surface area contributed by atoms with Crippen LogP contribution in [0.1, 0.15) is 58.2 Å². The summed E-state index contributed by atoms with van der Waals surface area (Å²) in [5, 5.41) is 11.4. The Morgan fingerprint density at radius 2 is 1.98 bits per heavy atom. The van der Waals surface area contributed by atoms with E-state index in [9.17, 15) is 9.18 Å². The minimum Gasteiger partial charge on any atom is -0.473 e. The van der Waals surface area contributed by atoms with Crippen LogP contribution in [0.15, 0.2) is 72.9 Å². The van der Waals surface area contributed by atoms with Gasteiger partial charge in [0.2, 0.25) is 5.88 Å². The average molecular weight is 724 g/mol. The molecule has 2 aliphatic heterocycles. The number of aryl methyl sites for hydroxylation is 1. The van der Waals surface area contributed by atoms with Gasteiger partial charge in [0.1, 0.15) is 18.2 Å². The number of halogens is 2. The van der Waals surface area contributed by atoms with Gasteiger partial charge in [0.05, 0.1) is 34.5 Å². The van der Waals surface area contributed by atoms with Crippen LogP contribution in [0.5, 0.6) is 5.88 Å². The first kappa shape index (κ1) is 33.5. The van der Waals surface area contributed by atoms with E-state index in [2.05, 4.69) is 25.0 Å². The third kappa shape index (κ3) is 7.14. The number of hydrogen-bond acceptors (Lipinski definition) is 7. The molecule has 2 N–H and O–H groups in total. The molecule has 262 valence electrons. The van der Waals surface area contributed by atoms with Gasteiger partial charge in [-0.05, 0) is 93.4 Å². The van der Waals surface area contributed by atoms with Gasteiger partial charge < -0.3 is 19.4 Å². The van der Waals surface area contributed by atoms with Gasteiger partial charge in [-0.15, -0.1) is 0 Å². The summed E-state index contributed by atoms with van der Waals surface area (Å²) in [6, 6.07) is 20.0. The van der Waals surface area contributed by atoms with Crippen LogP contribution in [0.25, 0.3) is 21.9 Å². The zero-order valence-electron chi connectivity index (χ0n) is 28.6. The van der Waals surface area contributed by atoms with E-state index in [1.807, 2.05) is 55.5 Å². The summed E-state index contributed by atoms with van der Waals surface area (Å²) < 4.78 is 28.5. The number of aromatic amines is 1. The summed E-state index contributed by atoms with van der Waals surface area (Å²) in [5.41, 5.74) is 6.50. The number of carbonyl (C=O) groups is 1. The predicted octanol–water partition coefficient (Wildman–Crippen LogP) is 6.10. The topological polar surface area (TPSA) is 110 Å². The van der Waals surface area contributed by atoms with Crippen LogP contribution in [0.2, 0.25) is 5.02 Å². The van der Waals surface area contributed by atoms with Crippen LogP contribution in [-0.4, -0.2) is 70.7 Å². The molecular weight excluding hydrogens is 685 g/mol. The maximum Gasteiger partial charge on any atom is 0.255 e. The number of rotatable bonds is 10. The highest BCUT2D eigenvalue weighted by molar-refractivity contribution is 6.30. The molecule has 13 heteroatoms. The Morgan fingerprint density at radius 3 is 2.76 bits per heavy atom. The minimum absolute atomic E-state index is 0.0830. The molecule has 10 nitrogen and oxygen atoms in total. The molecule has 1 amide bonds. The maximum absolute atomic E-state index is 14.3. The second kappa shape index (κ2) is 13.8. The van der Waals surface area contributed by atoms with E-state index in [0.717, 1.165) is 100 Å². The van der Waals surface area contributed by atoms with E-state index >= 15 is 0 Å². The van der Waals surface area contributed by atoms with Crippen molar-refractivity contribution in [2.24, 2.45) is 0 Å². The Labute approximate surface area is 302 Å². The highest BCUT2D eigenvalue weighted by Crippen LogP contribution is 2.32. The molecule has 1 atom stereocenters. The van der Waals surface area contributed by atoms with Gasteiger partial charge in [0.25, 0.3) is 5.91 Å². The van der Waals surface area contributed by atoms with Crippen LogP contribution in [0.3, 0.4) is 0 Å². The van der Waals surface area contributed by atoms with Crippen LogP contribution in [-0.2, 0) is 24.4 Å². The third-order valence-electron chi connectivity index (χ3n) is 10.2. The van der Waals surface area contributed by atoms with E-state index in [0.29, 0.717) is 34.5 Å². The van der Waals surface area contributed by atoms with Gasteiger partial charge in [0, 0.05) is 68.3 Å². The summed E-state index contributed by atoms with van der Waals surface area (Å²) in [6.45, 7) is 6.13. The SMILES string of the molecule is Cc1cc(NC(=O)c2ccc3c(c2)nc(CN2CCC(c4cccc(OCc5ccc(Cl)cc5F)n4)CC2)n3C[C@]2([SiH3])CCO2)cc2cn[nH]c12. The zero-order chi connectivity index (χ0) is 35.1. The van der Waals surface area contributed by atoms with Crippen molar-refractivity contribution >= 4 is 55.4 Å². The molecule has 0 saturated carbocycles. The lowest BCUT2D eigenvalue weighted by atomic mass is 9.93. The number of H-pyrrole nitrogens is 1. The second-order valence-electron chi connectivity index (χ2n) is 13.9.